The van der Waals surface area contributed by atoms with Gasteiger partial charge in [-0.2, -0.15) is 0 Å². The largest absolute Gasteiger partial charge is 0.497 e. The van der Waals surface area contributed by atoms with Crippen molar-refractivity contribution < 1.29 is 19.1 Å². The van der Waals surface area contributed by atoms with Gasteiger partial charge in [0.2, 0.25) is 5.91 Å². The maximum Gasteiger partial charge on any atom is 0.408 e. The first-order valence-corrected chi connectivity index (χ1v) is 6.63. The molecule has 0 aliphatic heterocycles. The number of alkyl carbamates (subject to hydrolysis) is 1. The number of ether oxygens (including phenoxy) is 2. The Kier molecular flexibility index (Phi) is 5.58. The van der Waals surface area contributed by atoms with Gasteiger partial charge in [0.25, 0.3) is 0 Å². The molecule has 0 spiro atoms. The molecule has 6 heteroatoms. The lowest BCUT2D eigenvalue weighted by Gasteiger charge is -2.22. The van der Waals surface area contributed by atoms with Gasteiger partial charge in [-0.3, -0.25) is 4.79 Å². The van der Waals surface area contributed by atoms with E-state index in [9.17, 15) is 9.59 Å². The molecule has 0 aliphatic carbocycles. The first kappa shape index (κ1) is 16.8. The first-order chi connectivity index (χ1) is 9.71. The Morgan fingerprint density at radius 3 is 2.24 bits per heavy atom. The normalized spacial score (nSPS) is 12.4. The summed E-state index contributed by atoms with van der Waals surface area (Å²) >= 11 is 0. The third-order valence-electron chi connectivity index (χ3n) is 2.63. The number of amides is 2. The van der Waals surface area contributed by atoms with Crippen molar-refractivity contribution in [2.45, 2.75) is 38.8 Å². The van der Waals surface area contributed by atoms with Crippen molar-refractivity contribution in [1.29, 1.82) is 0 Å². The van der Waals surface area contributed by atoms with E-state index in [-0.39, 0.29) is 0 Å². The van der Waals surface area contributed by atoms with Gasteiger partial charge in [0.1, 0.15) is 17.4 Å². The van der Waals surface area contributed by atoms with Crippen LogP contribution in [0, 0.1) is 0 Å². The van der Waals surface area contributed by atoms with Gasteiger partial charge >= 0.3 is 6.09 Å². The maximum atomic E-state index is 11.7. The lowest BCUT2D eigenvalue weighted by molar-refractivity contribution is -0.120. The number of carbonyl (C=O) groups is 2. The highest BCUT2D eigenvalue weighted by atomic mass is 16.6. The smallest absolute Gasteiger partial charge is 0.408 e. The average Bonchev–Trinajstić information content (AvgIpc) is 2.36. The van der Waals surface area contributed by atoms with Crippen LogP contribution in [0.25, 0.3) is 0 Å². The van der Waals surface area contributed by atoms with Crippen molar-refractivity contribution in [2.24, 2.45) is 5.73 Å². The Bertz CT molecular complexity index is 491. The summed E-state index contributed by atoms with van der Waals surface area (Å²) < 4.78 is 10.2. The van der Waals surface area contributed by atoms with E-state index in [4.69, 9.17) is 15.2 Å². The van der Waals surface area contributed by atoms with Crippen molar-refractivity contribution in [3.63, 3.8) is 0 Å². The van der Waals surface area contributed by atoms with E-state index in [0.717, 1.165) is 11.3 Å². The Labute approximate surface area is 124 Å². The lowest BCUT2D eigenvalue weighted by atomic mass is 10.1. The Hall–Kier alpha value is -2.24. The van der Waals surface area contributed by atoms with Crippen LogP contribution in [0.15, 0.2) is 24.3 Å². The molecule has 2 amide bonds. The molecule has 0 fully saturated rings. The van der Waals surface area contributed by atoms with Crippen molar-refractivity contribution in [1.82, 2.24) is 5.32 Å². The first-order valence-electron chi connectivity index (χ1n) is 6.63. The highest BCUT2D eigenvalue weighted by molar-refractivity contribution is 5.84. The van der Waals surface area contributed by atoms with Crippen LogP contribution in [0.4, 0.5) is 4.79 Å². The molecule has 1 unspecified atom stereocenters. The van der Waals surface area contributed by atoms with Gasteiger partial charge in [0, 0.05) is 6.42 Å². The standard InChI is InChI=1S/C15H22N2O4/c1-15(2,3)21-14(19)17-12(13(16)18)9-10-5-7-11(20-4)8-6-10/h5-8,12H,9H2,1-4H3,(H2,16,18)(H,17,19). The topological polar surface area (TPSA) is 90.7 Å². The van der Waals surface area contributed by atoms with E-state index < -0.39 is 23.6 Å². The molecule has 0 heterocycles. The van der Waals surface area contributed by atoms with E-state index in [1.165, 1.54) is 0 Å². The number of methoxy groups -OCH3 is 1. The fraction of sp³-hybridized carbons (Fsp3) is 0.467. The molecule has 1 aromatic rings. The predicted molar refractivity (Wildman–Crippen MR) is 79.1 cm³/mol. The molecule has 0 bridgehead atoms. The summed E-state index contributed by atoms with van der Waals surface area (Å²) in [5.74, 6) is 0.103. The van der Waals surface area contributed by atoms with Gasteiger partial charge in [-0.25, -0.2) is 4.79 Å². The monoisotopic (exact) mass is 294 g/mol. The number of rotatable bonds is 5. The molecule has 0 aromatic heterocycles. The molecule has 3 N–H and O–H groups in total. The van der Waals surface area contributed by atoms with E-state index in [2.05, 4.69) is 5.32 Å². The van der Waals surface area contributed by atoms with Crippen LogP contribution in [0.2, 0.25) is 0 Å². The molecule has 0 radical (unpaired) electrons. The molecular formula is C15H22N2O4. The summed E-state index contributed by atoms with van der Waals surface area (Å²) in [6.07, 6.45) is -0.377. The van der Waals surface area contributed by atoms with Crippen molar-refractivity contribution >= 4 is 12.0 Å². The quantitative estimate of drug-likeness (QED) is 0.863. The SMILES string of the molecule is COc1ccc(CC(NC(=O)OC(C)(C)C)C(N)=O)cc1. The van der Waals surface area contributed by atoms with Gasteiger partial charge < -0.3 is 20.5 Å². The van der Waals surface area contributed by atoms with Crippen LogP contribution >= 0.6 is 0 Å². The van der Waals surface area contributed by atoms with Crippen LogP contribution in [0.1, 0.15) is 26.3 Å². The Balaban J connectivity index is 2.69. The van der Waals surface area contributed by atoms with Crippen LogP contribution in [0.3, 0.4) is 0 Å². The van der Waals surface area contributed by atoms with Crippen LogP contribution in [0.5, 0.6) is 5.75 Å². The number of benzene rings is 1. The summed E-state index contributed by atoms with van der Waals surface area (Å²) in [5, 5.41) is 2.48. The second-order valence-electron chi connectivity index (χ2n) is 5.65. The Morgan fingerprint density at radius 1 is 1.24 bits per heavy atom. The molecular weight excluding hydrogens is 272 g/mol. The van der Waals surface area contributed by atoms with Crippen molar-refractivity contribution in [3.8, 4) is 5.75 Å². The van der Waals surface area contributed by atoms with Gasteiger partial charge in [-0.1, -0.05) is 12.1 Å². The van der Waals surface area contributed by atoms with Gasteiger partial charge in [0.05, 0.1) is 7.11 Å². The number of primary amides is 1. The fourth-order valence-corrected chi connectivity index (χ4v) is 1.67. The van der Waals surface area contributed by atoms with Crippen molar-refractivity contribution in [2.75, 3.05) is 7.11 Å². The van der Waals surface area contributed by atoms with E-state index in [1.807, 2.05) is 12.1 Å². The number of hydrogen-bond donors (Lipinski definition) is 2. The fourth-order valence-electron chi connectivity index (χ4n) is 1.67. The van der Waals surface area contributed by atoms with Crippen molar-refractivity contribution in [3.05, 3.63) is 29.8 Å². The predicted octanol–water partition coefficient (Wildman–Crippen LogP) is 1.62. The third kappa shape index (κ3) is 6.16. The highest BCUT2D eigenvalue weighted by Crippen LogP contribution is 2.13. The number of carbonyl (C=O) groups excluding carboxylic acids is 2. The summed E-state index contributed by atoms with van der Waals surface area (Å²) in [4.78, 5) is 23.2. The average molecular weight is 294 g/mol. The van der Waals surface area contributed by atoms with Crippen LogP contribution in [-0.4, -0.2) is 30.8 Å². The maximum absolute atomic E-state index is 11.7. The second kappa shape index (κ2) is 6.97. The minimum absolute atomic E-state index is 0.290. The Morgan fingerprint density at radius 2 is 1.81 bits per heavy atom. The third-order valence-corrected chi connectivity index (χ3v) is 2.63. The molecule has 0 saturated heterocycles. The second-order valence-corrected chi connectivity index (χ2v) is 5.65. The van der Waals surface area contributed by atoms with Gasteiger partial charge in [-0.15, -0.1) is 0 Å². The minimum atomic E-state index is -0.826. The summed E-state index contributed by atoms with van der Waals surface area (Å²) in [7, 11) is 1.57. The molecule has 0 saturated carbocycles. The van der Waals surface area contributed by atoms with Crippen LogP contribution in [-0.2, 0) is 16.0 Å². The zero-order valence-corrected chi connectivity index (χ0v) is 12.8. The summed E-state index contributed by atoms with van der Waals surface area (Å²) in [6.45, 7) is 5.24. The lowest BCUT2D eigenvalue weighted by Crippen LogP contribution is -2.47. The summed E-state index contributed by atoms with van der Waals surface area (Å²) in [6, 6.07) is 6.35. The number of nitrogens with two attached hydrogens (primary N) is 1. The zero-order chi connectivity index (χ0) is 16.0. The van der Waals surface area contributed by atoms with Crippen LogP contribution < -0.4 is 15.8 Å². The molecule has 6 nitrogen and oxygen atoms in total. The minimum Gasteiger partial charge on any atom is -0.497 e. The molecule has 0 aliphatic rings. The highest BCUT2D eigenvalue weighted by Gasteiger charge is 2.22. The molecule has 116 valence electrons. The van der Waals surface area contributed by atoms with E-state index in [0.29, 0.717) is 6.42 Å². The molecule has 1 atom stereocenters. The van der Waals surface area contributed by atoms with E-state index >= 15 is 0 Å². The number of nitrogens with one attached hydrogen (secondary N) is 1. The molecule has 1 rings (SSSR count). The van der Waals surface area contributed by atoms with E-state index in [1.54, 1.807) is 40.0 Å². The molecule has 21 heavy (non-hydrogen) atoms. The van der Waals surface area contributed by atoms with Gasteiger partial charge in [-0.05, 0) is 38.5 Å². The summed E-state index contributed by atoms with van der Waals surface area (Å²) in [5.41, 5.74) is 5.54. The number of hydrogen-bond acceptors (Lipinski definition) is 4. The van der Waals surface area contributed by atoms with Gasteiger partial charge in [0.15, 0.2) is 0 Å². The molecule has 1 aromatic carbocycles. The zero-order valence-electron chi connectivity index (χ0n) is 12.8.